The average molecular weight is 387 g/mol. The maximum atomic E-state index is 11.6. The van der Waals surface area contributed by atoms with E-state index in [0.717, 1.165) is 4.47 Å². The molecule has 1 aromatic carbocycles. The maximum absolute atomic E-state index is 11.6. The summed E-state index contributed by atoms with van der Waals surface area (Å²) in [7, 11) is 0. The van der Waals surface area contributed by atoms with Gasteiger partial charge < -0.3 is 4.74 Å². The topological polar surface area (TPSA) is 67.4 Å². The summed E-state index contributed by atoms with van der Waals surface area (Å²) in [6, 6.07) is 7.17. The first-order valence-corrected chi connectivity index (χ1v) is 9.05. The zero-order chi connectivity index (χ0) is 15.8. The van der Waals surface area contributed by atoms with Crippen LogP contribution < -0.4 is 15.6 Å². The van der Waals surface area contributed by atoms with E-state index in [4.69, 9.17) is 4.74 Å². The Morgan fingerprint density at radius 1 is 1.14 bits per heavy atom. The lowest BCUT2D eigenvalue weighted by Gasteiger charge is -2.10. The number of hydrazine groups is 1. The fourth-order valence-electron chi connectivity index (χ4n) is 2.14. The standard InChI is InChI=1S/C15H19BrN2O3S/c16-11-5-7-12(8-6-11)21-9-14(19)17-18-15(20)10-22-13-3-1-2-4-13/h5-8,13H,1-4,9-10H2,(H,17,19)(H,18,20). The summed E-state index contributed by atoms with van der Waals surface area (Å²) in [5.41, 5.74) is 4.76. The third kappa shape index (κ3) is 6.27. The maximum Gasteiger partial charge on any atom is 0.276 e. The van der Waals surface area contributed by atoms with Gasteiger partial charge in [0.05, 0.1) is 5.75 Å². The molecule has 120 valence electrons. The number of thioether (sulfide) groups is 1. The van der Waals surface area contributed by atoms with Gasteiger partial charge in [-0.15, -0.1) is 11.8 Å². The SMILES string of the molecule is O=C(COc1ccc(Br)cc1)NNC(=O)CSC1CCCC1. The first kappa shape index (κ1) is 17.1. The Bertz CT molecular complexity index is 504. The molecule has 1 fully saturated rings. The number of ether oxygens (including phenoxy) is 1. The van der Waals surface area contributed by atoms with Crippen LogP contribution in [0, 0.1) is 0 Å². The van der Waals surface area contributed by atoms with E-state index in [1.165, 1.54) is 25.7 Å². The predicted octanol–water partition coefficient (Wildman–Crippen LogP) is 2.65. The van der Waals surface area contributed by atoms with Gasteiger partial charge in [-0.05, 0) is 37.1 Å². The quantitative estimate of drug-likeness (QED) is 0.737. The lowest BCUT2D eigenvalue weighted by atomic mass is 10.3. The molecule has 2 rings (SSSR count). The Morgan fingerprint density at radius 3 is 2.45 bits per heavy atom. The van der Waals surface area contributed by atoms with Gasteiger partial charge in [0.25, 0.3) is 5.91 Å². The van der Waals surface area contributed by atoms with Gasteiger partial charge >= 0.3 is 0 Å². The summed E-state index contributed by atoms with van der Waals surface area (Å²) >= 11 is 4.98. The van der Waals surface area contributed by atoms with Crippen molar-refractivity contribution in [3.8, 4) is 5.75 Å². The number of carbonyl (C=O) groups is 2. The molecule has 22 heavy (non-hydrogen) atoms. The molecule has 0 unspecified atom stereocenters. The first-order valence-electron chi connectivity index (χ1n) is 7.21. The van der Waals surface area contributed by atoms with Crippen molar-refractivity contribution in [1.82, 2.24) is 10.9 Å². The van der Waals surface area contributed by atoms with Gasteiger partial charge in [-0.25, -0.2) is 0 Å². The van der Waals surface area contributed by atoms with Crippen molar-refractivity contribution in [2.45, 2.75) is 30.9 Å². The van der Waals surface area contributed by atoms with Crippen molar-refractivity contribution < 1.29 is 14.3 Å². The summed E-state index contributed by atoms with van der Waals surface area (Å²) in [5, 5.41) is 0.585. The van der Waals surface area contributed by atoms with Crippen LogP contribution in [-0.2, 0) is 9.59 Å². The van der Waals surface area contributed by atoms with Crippen LogP contribution in [-0.4, -0.2) is 29.4 Å². The van der Waals surface area contributed by atoms with Crippen LogP contribution in [0.2, 0.25) is 0 Å². The fraction of sp³-hybridized carbons (Fsp3) is 0.467. The summed E-state index contributed by atoms with van der Waals surface area (Å²) < 4.78 is 6.25. The van der Waals surface area contributed by atoms with Gasteiger partial charge in [0.15, 0.2) is 6.61 Å². The molecule has 1 saturated carbocycles. The molecule has 2 N–H and O–H groups in total. The molecular weight excluding hydrogens is 368 g/mol. The monoisotopic (exact) mass is 386 g/mol. The number of nitrogens with one attached hydrogen (secondary N) is 2. The number of carbonyl (C=O) groups excluding carboxylic acids is 2. The van der Waals surface area contributed by atoms with Crippen molar-refractivity contribution in [3.05, 3.63) is 28.7 Å². The minimum absolute atomic E-state index is 0.141. The van der Waals surface area contributed by atoms with Crippen LogP contribution in [0.15, 0.2) is 28.7 Å². The Balaban J connectivity index is 1.58. The third-order valence-electron chi connectivity index (χ3n) is 3.28. The Hall–Kier alpha value is -1.21. The fourth-order valence-corrected chi connectivity index (χ4v) is 3.53. The second-order valence-corrected chi connectivity index (χ2v) is 7.26. The van der Waals surface area contributed by atoms with Crippen LogP contribution in [0.3, 0.4) is 0 Å². The Labute approximate surface area is 142 Å². The number of hydrogen-bond acceptors (Lipinski definition) is 4. The van der Waals surface area contributed by atoms with Crippen LogP contribution in [0.5, 0.6) is 5.75 Å². The van der Waals surface area contributed by atoms with Gasteiger partial charge in [0.1, 0.15) is 5.75 Å². The van der Waals surface area contributed by atoms with Crippen molar-refractivity contribution in [2.24, 2.45) is 0 Å². The van der Waals surface area contributed by atoms with Crippen LogP contribution in [0.4, 0.5) is 0 Å². The normalized spacial score (nSPS) is 14.6. The average Bonchev–Trinajstić information content (AvgIpc) is 3.04. The lowest BCUT2D eigenvalue weighted by Crippen LogP contribution is -2.44. The number of halogens is 1. The lowest BCUT2D eigenvalue weighted by molar-refractivity contribution is -0.128. The summed E-state index contributed by atoms with van der Waals surface area (Å²) in [6.45, 7) is -0.141. The minimum atomic E-state index is -0.387. The van der Waals surface area contributed by atoms with Gasteiger partial charge in [0.2, 0.25) is 5.91 Å². The molecule has 0 saturated heterocycles. The van der Waals surface area contributed by atoms with E-state index in [0.29, 0.717) is 16.8 Å². The Morgan fingerprint density at radius 2 is 1.77 bits per heavy atom. The Kier molecular flexibility index (Phi) is 7.05. The first-order chi connectivity index (χ1) is 10.6. The molecule has 1 aliphatic rings. The third-order valence-corrected chi connectivity index (χ3v) is 5.18. The van der Waals surface area contributed by atoms with E-state index >= 15 is 0 Å². The zero-order valence-corrected chi connectivity index (χ0v) is 14.5. The van der Waals surface area contributed by atoms with Gasteiger partial charge in [-0.2, -0.15) is 0 Å². The number of rotatable bonds is 6. The molecule has 0 aromatic heterocycles. The summed E-state index contributed by atoms with van der Waals surface area (Å²) in [6.07, 6.45) is 4.88. The number of benzene rings is 1. The largest absolute Gasteiger partial charge is 0.484 e. The van der Waals surface area contributed by atoms with Gasteiger partial charge in [-0.3, -0.25) is 20.4 Å². The second-order valence-electron chi connectivity index (χ2n) is 5.06. The summed E-state index contributed by atoms with van der Waals surface area (Å²) in [4.78, 5) is 23.2. The van der Waals surface area contributed by atoms with Crippen LogP contribution in [0.1, 0.15) is 25.7 Å². The second kappa shape index (κ2) is 9.05. The smallest absolute Gasteiger partial charge is 0.276 e. The highest BCUT2D eigenvalue weighted by Gasteiger charge is 2.16. The predicted molar refractivity (Wildman–Crippen MR) is 90.6 cm³/mol. The molecule has 1 aliphatic carbocycles. The van der Waals surface area contributed by atoms with Crippen LogP contribution in [0.25, 0.3) is 0 Å². The van der Waals surface area contributed by atoms with Gasteiger partial charge in [0, 0.05) is 9.72 Å². The van der Waals surface area contributed by atoms with Crippen LogP contribution >= 0.6 is 27.7 Å². The van der Waals surface area contributed by atoms with E-state index < -0.39 is 0 Å². The molecule has 0 heterocycles. The van der Waals surface area contributed by atoms with Crippen molar-refractivity contribution in [3.63, 3.8) is 0 Å². The highest BCUT2D eigenvalue weighted by Crippen LogP contribution is 2.28. The molecule has 0 radical (unpaired) electrons. The highest BCUT2D eigenvalue weighted by molar-refractivity contribution is 9.10. The van der Waals surface area contributed by atoms with E-state index in [2.05, 4.69) is 26.8 Å². The molecule has 0 atom stereocenters. The van der Waals surface area contributed by atoms with E-state index in [-0.39, 0.29) is 18.4 Å². The summed E-state index contributed by atoms with van der Waals surface area (Å²) in [5.74, 6) is 0.399. The molecule has 0 bridgehead atoms. The van der Waals surface area contributed by atoms with Gasteiger partial charge in [-0.1, -0.05) is 28.8 Å². The molecular formula is C15H19BrN2O3S. The molecule has 0 aliphatic heterocycles. The molecule has 0 spiro atoms. The van der Waals surface area contributed by atoms with Crippen molar-refractivity contribution in [1.29, 1.82) is 0 Å². The van der Waals surface area contributed by atoms with E-state index in [9.17, 15) is 9.59 Å². The molecule has 1 aromatic rings. The zero-order valence-electron chi connectivity index (χ0n) is 12.1. The van der Waals surface area contributed by atoms with E-state index in [1.807, 2.05) is 12.1 Å². The van der Waals surface area contributed by atoms with Crippen molar-refractivity contribution >= 4 is 39.5 Å². The van der Waals surface area contributed by atoms with Crippen molar-refractivity contribution in [2.75, 3.05) is 12.4 Å². The molecule has 7 heteroatoms. The highest BCUT2D eigenvalue weighted by atomic mass is 79.9. The van der Waals surface area contributed by atoms with E-state index in [1.54, 1.807) is 23.9 Å². The molecule has 5 nitrogen and oxygen atoms in total. The number of amides is 2. The molecule has 2 amide bonds. The number of hydrogen-bond donors (Lipinski definition) is 2. The minimum Gasteiger partial charge on any atom is -0.484 e.